The molecular weight excluding hydrogens is 506 g/mol. The molecule has 0 aromatic carbocycles. The number of primary sulfonamides is 1. The predicted octanol–water partition coefficient (Wildman–Crippen LogP) is 5.42. The minimum absolute atomic E-state index is 0.163. The van der Waals surface area contributed by atoms with Crippen molar-refractivity contribution in [3.63, 3.8) is 0 Å². The van der Waals surface area contributed by atoms with Crippen molar-refractivity contribution in [1.82, 2.24) is 8.87 Å². The summed E-state index contributed by atoms with van der Waals surface area (Å²) in [4.78, 5) is 0.642. The van der Waals surface area contributed by atoms with E-state index in [1.165, 1.54) is 19.3 Å². The highest BCUT2D eigenvalue weighted by atomic mass is 32.2. The molecule has 1 aromatic heterocycles. The standard InChI is InChI=1S/C28H45N3O4S2/c1-20-10-9-15-30(18-20)37(34,35)26-14-13-23(16-24(26)28(3,4)5)25-17-27(36(29,32)33)21(2)31(25)19-22-11-7-6-8-12-22/h13-14,17,20,22,24H,6-12,15-16,18-19H2,1-5H3,(H2,29,32,33). The van der Waals surface area contributed by atoms with Gasteiger partial charge in [-0.25, -0.2) is 22.0 Å². The van der Waals surface area contributed by atoms with Crippen molar-refractivity contribution in [2.75, 3.05) is 13.1 Å². The Morgan fingerprint density at radius 2 is 1.68 bits per heavy atom. The first-order chi connectivity index (χ1) is 17.2. The van der Waals surface area contributed by atoms with Gasteiger partial charge < -0.3 is 4.57 Å². The molecule has 2 atom stereocenters. The lowest BCUT2D eigenvalue weighted by Gasteiger charge is -2.39. The molecule has 9 heteroatoms. The molecule has 208 valence electrons. The van der Waals surface area contributed by atoms with E-state index in [9.17, 15) is 16.8 Å². The minimum atomic E-state index is -3.88. The zero-order chi connectivity index (χ0) is 27.2. The molecule has 2 N–H and O–H groups in total. The lowest BCUT2D eigenvalue weighted by Crippen LogP contribution is -2.42. The molecule has 2 unspecified atom stereocenters. The second-order valence-electron chi connectivity index (χ2n) is 12.6. The van der Waals surface area contributed by atoms with Crippen LogP contribution in [0.5, 0.6) is 0 Å². The fourth-order valence-corrected chi connectivity index (χ4v) is 9.38. The van der Waals surface area contributed by atoms with E-state index in [1.807, 2.05) is 13.0 Å². The van der Waals surface area contributed by atoms with Crippen molar-refractivity contribution in [1.29, 1.82) is 0 Å². The summed E-state index contributed by atoms with van der Waals surface area (Å²) in [5, 5.41) is 5.61. The molecule has 0 bridgehead atoms. The van der Waals surface area contributed by atoms with Gasteiger partial charge in [0.25, 0.3) is 0 Å². The van der Waals surface area contributed by atoms with Gasteiger partial charge in [0.2, 0.25) is 20.0 Å². The van der Waals surface area contributed by atoms with Gasteiger partial charge in [0.1, 0.15) is 4.90 Å². The van der Waals surface area contributed by atoms with E-state index in [2.05, 4.69) is 32.3 Å². The molecule has 1 aromatic rings. The second kappa shape index (κ2) is 10.6. The fourth-order valence-electron chi connectivity index (χ4n) is 6.43. The van der Waals surface area contributed by atoms with E-state index in [4.69, 9.17) is 5.14 Å². The maximum absolute atomic E-state index is 13.8. The number of sulfonamides is 2. The summed E-state index contributed by atoms with van der Waals surface area (Å²) in [5.74, 6) is 0.641. The van der Waals surface area contributed by atoms with Crippen LogP contribution >= 0.6 is 0 Å². The summed E-state index contributed by atoms with van der Waals surface area (Å²) < 4.78 is 56.4. The quantitative estimate of drug-likeness (QED) is 0.510. The normalized spacial score (nSPS) is 25.1. The van der Waals surface area contributed by atoms with E-state index in [0.29, 0.717) is 41.9 Å². The zero-order valence-corrected chi connectivity index (χ0v) is 24.8. The smallest absolute Gasteiger partial charge is 0.239 e. The Morgan fingerprint density at radius 3 is 2.27 bits per heavy atom. The molecule has 4 rings (SSSR count). The molecule has 2 heterocycles. The van der Waals surface area contributed by atoms with Crippen LogP contribution < -0.4 is 5.14 Å². The summed E-state index contributed by atoms with van der Waals surface area (Å²) in [7, 11) is -7.46. The Labute approximate surface area is 224 Å². The van der Waals surface area contributed by atoms with Gasteiger partial charge in [0.05, 0.1) is 4.91 Å². The predicted molar refractivity (Wildman–Crippen MR) is 150 cm³/mol. The minimum Gasteiger partial charge on any atom is -0.343 e. The number of rotatable bonds is 6. The van der Waals surface area contributed by atoms with Crippen LogP contribution in [-0.4, -0.2) is 38.8 Å². The van der Waals surface area contributed by atoms with Crippen molar-refractivity contribution in [2.45, 2.75) is 97.4 Å². The molecule has 2 aliphatic carbocycles. The molecule has 2 fully saturated rings. The topological polar surface area (TPSA) is 102 Å². The van der Waals surface area contributed by atoms with Gasteiger partial charge in [-0.15, -0.1) is 0 Å². The van der Waals surface area contributed by atoms with E-state index in [-0.39, 0.29) is 16.2 Å². The average molecular weight is 552 g/mol. The van der Waals surface area contributed by atoms with Gasteiger partial charge in [0, 0.05) is 36.9 Å². The van der Waals surface area contributed by atoms with E-state index >= 15 is 0 Å². The zero-order valence-electron chi connectivity index (χ0n) is 23.2. The third kappa shape index (κ3) is 6.10. The summed E-state index contributed by atoms with van der Waals surface area (Å²) in [6.07, 6.45) is 12.1. The molecule has 3 aliphatic rings. The summed E-state index contributed by atoms with van der Waals surface area (Å²) >= 11 is 0. The van der Waals surface area contributed by atoms with Gasteiger partial charge in [-0.3, -0.25) is 0 Å². The Hall–Kier alpha value is -1.42. The maximum atomic E-state index is 13.8. The van der Waals surface area contributed by atoms with Crippen LogP contribution in [0.4, 0.5) is 0 Å². The van der Waals surface area contributed by atoms with Crippen molar-refractivity contribution < 1.29 is 16.8 Å². The monoisotopic (exact) mass is 551 g/mol. The van der Waals surface area contributed by atoms with Gasteiger partial charge >= 0.3 is 0 Å². The number of piperidine rings is 1. The molecule has 0 spiro atoms. The summed E-state index contributed by atoms with van der Waals surface area (Å²) in [6, 6.07) is 1.71. The lowest BCUT2D eigenvalue weighted by molar-refractivity contribution is 0.268. The molecule has 0 radical (unpaired) electrons. The van der Waals surface area contributed by atoms with Gasteiger partial charge in [0.15, 0.2) is 0 Å². The van der Waals surface area contributed by atoms with E-state index < -0.39 is 20.0 Å². The molecule has 1 saturated carbocycles. The van der Waals surface area contributed by atoms with Crippen LogP contribution in [0.15, 0.2) is 28.0 Å². The SMILES string of the molecule is Cc1c(S(N)(=O)=O)cc(C2=CC=C(S(=O)(=O)N3CCCC(C)C3)C(C(C)(C)C)C2)n1CC1CCCCC1. The molecule has 0 amide bonds. The number of allylic oxidation sites excluding steroid dienone is 4. The Kier molecular flexibility index (Phi) is 8.21. The molecule has 1 aliphatic heterocycles. The van der Waals surface area contributed by atoms with Gasteiger partial charge in [-0.05, 0) is 74.0 Å². The van der Waals surface area contributed by atoms with Crippen LogP contribution in [-0.2, 0) is 26.6 Å². The van der Waals surface area contributed by atoms with Crippen molar-refractivity contribution in [3.8, 4) is 0 Å². The first kappa shape index (κ1) is 28.6. The summed E-state index contributed by atoms with van der Waals surface area (Å²) in [6.45, 7) is 12.1. The Bertz CT molecular complexity index is 1280. The molecule has 37 heavy (non-hydrogen) atoms. The first-order valence-electron chi connectivity index (χ1n) is 13.8. The van der Waals surface area contributed by atoms with Crippen LogP contribution in [0, 0.1) is 30.1 Å². The number of nitrogens with zero attached hydrogens (tertiary/aromatic N) is 2. The molecular formula is C28H45N3O4S2. The van der Waals surface area contributed by atoms with Crippen LogP contribution in [0.25, 0.3) is 5.57 Å². The van der Waals surface area contributed by atoms with Crippen LogP contribution in [0.1, 0.15) is 90.4 Å². The molecule has 1 saturated heterocycles. The Morgan fingerprint density at radius 1 is 1.00 bits per heavy atom. The largest absolute Gasteiger partial charge is 0.343 e. The number of hydrogen-bond donors (Lipinski definition) is 1. The van der Waals surface area contributed by atoms with Gasteiger partial charge in [-0.1, -0.05) is 53.0 Å². The van der Waals surface area contributed by atoms with Crippen molar-refractivity contribution >= 4 is 25.6 Å². The maximum Gasteiger partial charge on any atom is 0.239 e. The van der Waals surface area contributed by atoms with Crippen LogP contribution in [0.2, 0.25) is 0 Å². The van der Waals surface area contributed by atoms with Crippen LogP contribution in [0.3, 0.4) is 0 Å². The third-order valence-corrected chi connectivity index (χ3v) is 11.7. The van der Waals surface area contributed by atoms with Crippen molar-refractivity contribution in [3.05, 3.63) is 34.5 Å². The van der Waals surface area contributed by atoms with E-state index in [0.717, 1.165) is 43.5 Å². The number of hydrogen-bond acceptors (Lipinski definition) is 4. The number of aromatic nitrogens is 1. The third-order valence-electron chi connectivity index (χ3n) is 8.64. The highest BCUT2D eigenvalue weighted by Crippen LogP contribution is 2.46. The Balaban J connectivity index is 1.78. The highest BCUT2D eigenvalue weighted by molar-refractivity contribution is 7.93. The van der Waals surface area contributed by atoms with Crippen molar-refractivity contribution in [2.24, 2.45) is 28.3 Å². The fraction of sp³-hybridized carbons (Fsp3) is 0.714. The van der Waals surface area contributed by atoms with Gasteiger partial charge in [-0.2, -0.15) is 4.31 Å². The first-order valence-corrected chi connectivity index (χ1v) is 16.8. The highest BCUT2D eigenvalue weighted by Gasteiger charge is 2.41. The summed E-state index contributed by atoms with van der Waals surface area (Å²) in [5.41, 5.74) is 2.19. The lowest BCUT2D eigenvalue weighted by atomic mass is 9.74. The number of nitrogens with two attached hydrogens (primary N) is 1. The average Bonchev–Trinajstić information content (AvgIpc) is 3.15. The molecule has 7 nitrogen and oxygen atoms in total. The van der Waals surface area contributed by atoms with E-state index in [1.54, 1.807) is 16.4 Å². The second-order valence-corrected chi connectivity index (χ2v) is 16.1.